The number of nitrogens with zero attached hydrogens (tertiary/aromatic N) is 3. The Morgan fingerprint density at radius 3 is 2.88 bits per heavy atom. The van der Waals surface area contributed by atoms with Crippen LogP contribution in [0.2, 0.25) is 0 Å². The van der Waals surface area contributed by atoms with Crippen LogP contribution >= 0.6 is 0 Å². The summed E-state index contributed by atoms with van der Waals surface area (Å²) in [7, 11) is -2.94. The summed E-state index contributed by atoms with van der Waals surface area (Å²) in [5.41, 5.74) is 0.834. The molecule has 1 saturated heterocycles. The highest BCUT2D eigenvalue weighted by Crippen LogP contribution is 2.23. The molecule has 0 aliphatic carbocycles. The van der Waals surface area contributed by atoms with E-state index in [0.717, 1.165) is 11.5 Å². The maximum Gasteiger partial charge on any atom is 0.227 e. The first kappa shape index (κ1) is 16.8. The highest BCUT2D eigenvalue weighted by atomic mass is 32.2. The minimum Gasteiger partial charge on any atom is -0.467 e. The van der Waals surface area contributed by atoms with Gasteiger partial charge in [-0.2, -0.15) is 4.98 Å². The lowest BCUT2D eigenvalue weighted by Crippen LogP contribution is -2.37. The Kier molecular flexibility index (Phi) is 4.75. The predicted octanol–water partition coefficient (Wildman–Crippen LogP) is 2.00. The number of sulfone groups is 1. The number of hydrogen-bond acceptors (Lipinski definition) is 7. The predicted molar refractivity (Wildman–Crippen MR) is 92.9 cm³/mol. The van der Waals surface area contributed by atoms with Crippen molar-refractivity contribution in [3.8, 4) is 0 Å². The molecule has 1 fully saturated rings. The number of aromatic nitrogens is 2. The molecule has 1 aliphatic heterocycles. The maximum atomic E-state index is 11.8. The first-order valence-electron chi connectivity index (χ1n) is 8.06. The van der Waals surface area contributed by atoms with E-state index in [1.807, 2.05) is 36.9 Å². The number of aryl methyl sites for hydroxylation is 1. The first-order valence-corrected chi connectivity index (χ1v) is 9.88. The lowest BCUT2D eigenvalue weighted by molar-refractivity contribution is 0.517. The molecular formula is C16H22N4O3S. The standard InChI is InChI=1S/C16H22N4O3S/c1-3-20(13-6-8-24(21,22)11-13)16-18-12(2)9-15(19-16)17-10-14-5-4-7-23-14/h4-5,7,9,13H,3,6,8,10-11H2,1-2H3,(H,17,18,19). The smallest absolute Gasteiger partial charge is 0.227 e. The number of rotatable bonds is 6. The van der Waals surface area contributed by atoms with Gasteiger partial charge < -0.3 is 14.6 Å². The molecule has 2 aromatic heterocycles. The maximum absolute atomic E-state index is 11.8. The molecule has 1 N–H and O–H groups in total. The van der Waals surface area contributed by atoms with E-state index < -0.39 is 9.84 Å². The van der Waals surface area contributed by atoms with Crippen molar-refractivity contribution in [3.05, 3.63) is 35.9 Å². The second-order valence-electron chi connectivity index (χ2n) is 5.97. The van der Waals surface area contributed by atoms with E-state index in [0.29, 0.717) is 31.3 Å². The molecule has 0 bridgehead atoms. The highest BCUT2D eigenvalue weighted by Gasteiger charge is 2.33. The molecule has 0 saturated carbocycles. The molecule has 7 nitrogen and oxygen atoms in total. The summed E-state index contributed by atoms with van der Waals surface area (Å²) in [5, 5.41) is 3.22. The van der Waals surface area contributed by atoms with Gasteiger partial charge >= 0.3 is 0 Å². The van der Waals surface area contributed by atoms with Crippen molar-refractivity contribution in [1.29, 1.82) is 0 Å². The summed E-state index contributed by atoms with van der Waals surface area (Å²) < 4.78 is 28.8. The van der Waals surface area contributed by atoms with Gasteiger partial charge in [0.15, 0.2) is 9.84 Å². The van der Waals surface area contributed by atoms with E-state index in [1.54, 1.807) is 6.26 Å². The Morgan fingerprint density at radius 1 is 1.42 bits per heavy atom. The SMILES string of the molecule is CCN(c1nc(C)cc(NCc2ccco2)n1)C1CCS(=O)(=O)C1. The molecule has 2 aromatic rings. The van der Waals surface area contributed by atoms with Gasteiger partial charge in [-0.3, -0.25) is 0 Å². The van der Waals surface area contributed by atoms with Crippen LogP contribution in [0.1, 0.15) is 24.8 Å². The van der Waals surface area contributed by atoms with Crippen molar-refractivity contribution in [1.82, 2.24) is 9.97 Å². The third kappa shape index (κ3) is 3.87. The Labute approximate surface area is 142 Å². The number of nitrogens with one attached hydrogen (secondary N) is 1. The molecule has 1 atom stereocenters. The molecule has 0 amide bonds. The second-order valence-corrected chi connectivity index (χ2v) is 8.20. The molecule has 0 spiro atoms. The fraction of sp³-hybridized carbons (Fsp3) is 0.500. The van der Waals surface area contributed by atoms with Crippen molar-refractivity contribution in [3.63, 3.8) is 0 Å². The van der Waals surface area contributed by atoms with Crippen LogP contribution in [0.5, 0.6) is 0 Å². The Morgan fingerprint density at radius 2 is 2.25 bits per heavy atom. The molecule has 1 unspecified atom stereocenters. The minimum atomic E-state index is -2.94. The number of furan rings is 1. The average Bonchev–Trinajstić information content (AvgIpc) is 3.15. The van der Waals surface area contributed by atoms with Crippen LogP contribution < -0.4 is 10.2 Å². The fourth-order valence-corrected chi connectivity index (χ4v) is 4.68. The summed E-state index contributed by atoms with van der Waals surface area (Å²) in [6, 6.07) is 5.54. The zero-order chi connectivity index (χ0) is 17.2. The van der Waals surface area contributed by atoms with Gasteiger partial charge in [0, 0.05) is 24.3 Å². The van der Waals surface area contributed by atoms with Gasteiger partial charge in [-0.15, -0.1) is 0 Å². The quantitative estimate of drug-likeness (QED) is 0.852. The summed E-state index contributed by atoms with van der Waals surface area (Å²) in [6.07, 6.45) is 2.26. The third-order valence-electron chi connectivity index (χ3n) is 4.11. The van der Waals surface area contributed by atoms with E-state index in [9.17, 15) is 8.42 Å². The Hall–Kier alpha value is -2.09. The van der Waals surface area contributed by atoms with Crippen LogP contribution in [-0.4, -0.2) is 42.5 Å². The van der Waals surface area contributed by atoms with E-state index in [1.165, 1.54) is 0 Å². The van der Waals surface area contributed by atoms with Crippen LogP contribution in [0.15, 0.2) is 28.9 Å². The van der Waals surface area contributed by atoms with Crippen molar-refractivity contribution in [2.45, 2.75) is 32.9 Å². The van der Waals surface area contributed by atoms with Crippen LogP contribution in [0.3, 0.4) is 0 Å². The topological polar surface area (TPSA) is 88.3 Å². The van der Waals surface area contributed by atoms with Crippen LogP contribution in [0.4, 0.5) is 11.8 Å². The molecule has 130 valence electrons. The normalized spacial score (nSPS) is 19.3. The zero-order valence-electron chi connectivity index (χ0n) is 13.9. The molecule has 3 rings (SSSR count). The molecule has 1 aliphatic rings. The molecule has 3 heterocycles. The van der Waals surface area contributed by atoms with Gasteiger partial charge in [0.05, 0.1) is 24.3 Å². The van der Waals surface area contributed by atoms with Gasteiger partial charge in [0.25, 0.3) is 0 Å². The Bertz CT molecular complexity index is 790. The van der Waals surface area contributed by atoms with Gasteiger partial charge in [-0.05, 0) is 32.4 Å². The molecule has 24 heavy (non-hydrogen) atoms. The van der Waals surface area contributed by atoms with E-state index in [4.69, 9.17) is 4.42 Å². The number of anilines is 2. The van der Waals surface area contributed by atoms with Gasteiger partial charge in [0.1, 0.15) is 11.6 Å². The van der Waals surface area contributed by atoms with E-state index in [-0.39, 0.29) is 17.5 Å². The lowest BCUT2D eigenvalue weighted by Gasteiger charge is -2.27. The first-order chi connectivity index (χ1) is 11.5. The highest BCUT2D eigenvalue weighted by molar-refractivity contribution is 7.91. The van der Waals surface area contributed by atoms with Crippen LogP contribution in [0.25, 0.3) is 0 Å². The lowest BCUT2D eigenvalue weighted by atomic mass is 10.2. The molecule has 0 aromatic carbocycles. The van der Waals surface area contributed by atoms with Crippen LogP contribution in [-0.2, 0) is 16.4 Å². The molecule has 0 radical (unpaired) electrons. The van der Waals surface area contributed by atoms with Crippen LogP contribution in [0, 0.1) is 6.92 Å². The summed E-state index contributed by atoms with van der Waals surface area (Å²) >= 11 is 0. The second kappa shape index (κ2) is 6.80. The van der Waals surface area contributed by atoms with E-state index >= 15 is 0 Å². The monoisotopic (exact) mass is 350 g/mol. The van der Waals surface area contributed by atoms with Gasteiger partial charge in [-0.1, -0.05) is 0 Å². The van der Waals surface area contributed by atoms with Crippen molar-refractivity contribution >= 4 is 21.6 Å². The largest absolute Gasteiger partial charge is 0.467 e. The Balaban J connectivity index is 1.78. The fourth-order valence-electron chi connectivity index (χ4n) is 2.95. The van der Waals surface area contributed by atoms with Crippen molar-refractivity contribution in [2.75, 3.05) is 28.3 Å². The summed E-state index contributed by atoms with van der Waals surface area (Å²) in [4.78, 5) is 11.0. The van der Waals surface area contributed by atoms with Gasteiger partial charge in [-0.25, -0.2) is 13.4 Å². The van der Waals surface area contributed by atoms with Crippen molar-refractivity contribution < 1.29 is 12.8 Å². The summed E-state index contributed by atoms with van der Waals surface area (Å²) in [5.74, 6) is 2.51. The average molecular weight is 350 g/mol. The molecular weight excluding hydrogens is 328 g/mol. The van der Waals surface area contributed by atoms with E-state index in [2.05, 4.69) is 15.3 Å². The number of hydrogen-bond donors (Lipinski definition) is 1. The summed E-state index contributed by atoms with van der Waals surface area (Å²) in [6.45, 7) is 5.10. The van der Waals surface area contributed by atoms with Crippen molar-refractivity contribution in [2.24, 2.45) is 0 Å². The molecule has 8 heteroatoms. The van der Waals surface area contributed by atoms with Gasteiger partial charge in [0.2, 0.25) is 5.95 Å². The zero-order valence-corrected chi connectivity index (χ0v) is 14.7. The minimum absolute atomic E-state index is 0.0558. The third-order valence-corrected chi connectivity index (χ3v) is 5.86.